The third kappa shape index (κ3) is 3.06. The fraction of sp³-hybridized carbons (Fsp3) is 0.583. The standard InChI is InChI=1S/C12H21NOSi/c1-10-7-8-11(9-13-10)14-15(5,6)12(2,3)4/h7-9H,1-6H3. The van der Waals surface area contributed by atoms with Crippen molar-refractivity contribution in [3.05, 3.63) is 24.0 Å². The molecule has 0 aliphatic rings. The van der Waals surface area contributed by atoms with Crippen LogP contribution in [0.15, 0.2) is 18.3 Å². The summed E-state index contributed by atoms with van der Waals surface area (Å²) in [6, 6.07) is 3.99. The summed E-state index contributed by atoms with van der Waals surface area (Å²) in [4.78, 5) is 4.24. The van der Waals surface area contributed by atoms with Crippen LogP contribution in [-0.2, 0) is 0 Å². The molecule has 84 valence electrons. The van der Waals surface area contributed by atoms with Crippen LogP contribution in [0.3, 0.4) is 0 Å². The molecule has 3 heteroatoms. The lowest BCUT2D eigenvalue weighted by Gasteiger charge is -2.36. The van der Waals surface area contributed by atoms with E-state index in [2.05, 4.69) is 38.8 Å². The van der Waals surface area contributed by atoms with Gasteiger partial charge in [-0.1, -0.05) is 20.8 Å². The first-order chi connectivity index (χ1) is 6.72. The van der Waals surface area contributed by atoms with Crippen LogP contribution in [0, 0.1) is 6.92 Å². The Morgan fingerprint density at radius 3 is 2.20 bits per heavy atom. The molecule has 1 heterocycles. The number of rotatable bonds is 2. The summed E-state index contributed by atoms with van der Waals surface area (Å²) in [6.07, 6.45) is 1.82. The zero-order chi connectivity index (χ0) is 11.7. The van der Waals surface area contributed by atoms with E-state index in [0.717, 1.165) is 11.4 Å². The van der Waals surface area contributed by atoms with Crippen molar-refractivity contribution in [2.75, 3.05) is 0 Å². The van der Waals surface area contributed by atoms with Gasteiger partial charge >= 0.3 is 0 Å². The molecule has 0 unspecified atom stereocenters. The van der Waals surface area contributed by atoms with Gasteiger partial charge in [0.15, 0.2) is 0 Å². The summed E-state index contributed by atoms with van der Waals surface area (Å²) in [5.41, 5.74) is 1.03. The molecule has 0 saturated carbocycles. The highest BCUT2D eigenvalue weighted by Crippen LogP contribution is 2.37. The Kier molecular flexibility index (Phi) is 3.24. The Labute approximate surface area is 93.8 Å². The van der Waals surface area contributed by atoms with E-state index in [-0.39, 0.29) is 5.04 Å². The maximum absolute atomic E-state index is 6.10. The molecule has 0 saturated heterocycles. The van der Waals surface area contributed by atoms with Crippen molar-refractivity contribution >= 4 is 8.32 Å². The van der Waals surface area contributed by atoms with E-state index in [1.54, 1.807) is 0 Å². The minimum Gasteiger partial charge on any atom is -0.542 e. The first kappa shape index (κ1) is 12.2. The quantitative estimate of drug-likeness (QED) is 0.712. The number of aryl methyl sites for hydroxylation is 1. The van der Waals surface area contributed by atoms with E-state index in [1.807, 2.05) is 25.3 Å². The van der Waals surface area contributed by atoms with Gasteiger partial charge in [0.1, 0.15) is 5.75 Å². The zero-order valence-corrected chi connectivity index (χ0v) is 11.6. The topological polar surface area (TPSA) is 22.1 Å². The van der Waals surface area contributed by atoms with Crippen molar-refractivity contribution in [2.24, 2.45) is 0 Å². The van der Waals surface area contributed by atoms with E-state index in [9.17, 15) is 0 Å². The number of nitrogens with zero attached hydrogens (tertiary/aromatic N) is 1. The van der Waals surface area contributed by atoms with Crippen LogP contribution in [0.4, 0.5) is 0 Å². The Bertz CT molecular complexity index is 324. The molecule has 0 aromatic carbocycles. The predicted octanol–water partition coefficient (Wildman–Crippen LogP) is 3.77. The maximum Gasteiger partial charge on any atom is 0.250 e. The van der Waals surface area contributed by atoms with Crippen molar-refractivity contribution in [2.45, 2.75) is 45.8 Å². The third-order valence-corrected chi connectivity index (χ3v) is 7.42. The van der Waals surface area contributed by atoms with E-state index in [4.69, 9.17) is 4.43 Å². The minimum absolute atomic E-state index is 0.234. The number of pyridine rings is 1. The molecule has 0 aliphatic carbocycles. The van der Waals surface area contributed by atoms with Gasteiger partial charge in [-0.25, -0.2) is 0 Å². The van der Waals surface area contributed by atoms with Crippen LogP contribution in [0.25, 0.3) is 0 Å². The number of hydrogen-bond donors (Lipinski definition) is 0. The van der Waals surface area contributed by atoms with Crippen molar-refractivity contribution in [3.63, 3.8) is 0 Å². The highest BCUT2D eigenvalue weighted by Gasteiger charge is 2.38. The van der Waals surface area contributed by atoms with Gasteiger partial charge in [0.05, 0.1) is 6.20 Å². The van der Waals surface area contributed by atoms with Crippen LogP contribution in [0.5, 0.6) is 5.75 Å². The number of aromatic nitrogens is 1. The molecule has 0 N–H and O–H groups in total. The molecular formula is C12H21NOSi. The molecule has 0 fully saturated rings. The molecule has 2 nitrogen and oxygen atoms in total. The Morgan fingerprint density at radius 1 is 1.20 bits per heavy atom. The van der Waals surface area contributed by atoms with Gasteiger partial charge in [0.2, 0.25) is 0 Å². The second-order valence-electron chi connectivity index (χ2n) is 5.50. The predicted molar refractivity (Wildman–Crippen MR) is 66.8 cm³/mol. The second-order valence-corrected chi connectivity index (χ2v) is 10.2. The van der Waals surface area contributed by atoms with Crippen molar-refractivity contribution in [1.29, 1.82) is 0 Å². The first-order valence-corrected chi connectivity index (χ1v) is 8.25. The van der Waals surface area contributed by atoms with Gasteiger partial charge in [-0.05, 0) is 37.2 Å². The zero-order valence-electron chi connectivity index (χ0n) is 10.6. The lowest BCUT2D eigenvalue weighted by molar-refractivity contribution is 0.490. The monoisotopic (exact) mass is 223 g/mol. The number of hydrogen-bond acceptors (Lipinski definition) is 2. The molecule has 1 aromatic heterocycles. The van der Waals surface area contributed by atoms with Crippen LogP contribution in [0.2, 0.25) is 18.1 Å². The van der Waals surface area contributed by atoms with E-state index < -0.39 is 8.32 Å². The summed E-state index contributed by atoms with van der Waals surface area (Å²) >= 11 is 0. The van der Waals surface area contributed by atoms with Gasteiger partial charge in [-0.15, -0.1) is 0 Å². The summed E-state index contributed by atoms with van der Waals surface area (Å²) in [5, 5.41) is 0.234. The highest BCUT2D eigenvalue weighted by molar-refractivity contribution is 6.74. The van der Waals surface area contributed by atoms with Crippen LogP contribution in [-0.4, -0.2) is 13.3 Å². The van der Waals surface area contributed by atoms with Crippen LogP contribution in [0.1, 0.15) is 26.5 Å². The first-order valence-electron chi connectivity index (χ1n) is 5.34. The smallest absolute Gasteiger partial charge is 0.250 e. The summed E-state index contributed by atoms with van der Waals surface area (Å²) in [5.74, 6) is 0.896. The van der Waals surface area contributed by atoms with Gasteiger partial charge < -0.3 is 4.43 Å². The summed E-state index contributed by atoms with van der Waals surface area (Å²) < 4.78 is 6.10. The minimum atomic E-state index is -1.70. The SMILES string of the molecule is Cc1ccc(O[Si](C)(C)C(C)(C)C)cn1. The average Bonchev–Trinajstić information content (AvgIpc) is 2.06. The van der Waals surface area contributed by atoms with Crippen molar-refractivity contribution < 1.29 is 4.43 Å². The molecular weight excluding hydrogens is 202 g/mol. The van der Waals surface area contributed by atoms with Crippen molar-refractivity contribution in [1.82, 2.24) is 4.98 Å². The molecule has 0 spiro atoms. The van der Waals surface area contributed by atoms with Gasteiger partial charge in [0, 0.05) is 5.69 Å². The maximum atomic E-state index is 6.10. The molecule has 0 bridgehead atoms. The summed E-state index contributed by atoms with van der Waals surface area (Å²) in [7, 11) is -1.70. The lowest BCUT2D eigenvalue weighted by atomic mass is 10.2. The second kappa shape index (κ2) is 3.97. The van der Waals surface area contributed by atoms with E-state index in [1.165, 1.54) is 0 Å². The average molecular weight is 223 g/mol. The fourth-order valence-electron chi connectivity index (χ4n) is 0.962. The van der Waals surface area contributed by atoms with Crippen LogP contribution >= 0.6 is 0 Å². The Balaban J connectivity index is 2.82. The Hall–Kier alpha value is -0.833. The molecule has 1 rings (SSSR count). The molecule has 0 atom stereocenters. The van der Waals surface area contributed by atoms with Gasteiger partial charge in [0.25, 0.3) is 8.32 Å². The summed E-state index contributed by atoms with van der Waals surface area (Å²) in [6.45, 7) is 13.2. The molecule has 15 heavy (non-hydrogen) atoms. The molecule has 0 radical (unpaired) electrons. The van der Waals surface area contributed by atoms with Crippen molar-refractivity contribution in [3.8, 4) is 5.75 Å². The van der Waals surface area contributed by atoms with Gasteiger partial charge in [-0.3, -0.25) is 4.98 Å². The molecule has 0 amide bonds. The fourth-order valence-corrected chi connectivity index (χ4v) is 1.98. The normalized spacial score (nSPS) is 12.7. The third-order valence-electron chi connectivity index (χ3n) is 3.06. The van der Waals surface area contributed by atoms with E-state index in [0.29, 0.717) is 0 Å². The van der Waals surface area contributed by atoms with E-state index >= 15 is 0 Å². The highest BCUT2D eigenvalue weighted by atomic mass is 28.4. The Morgan fingerprint density at radius 2 is 1.80 bits per heavy atom. The largest absolute Gasteiger partial charge is 0.542 e. The lowest BCUT2D eigenvalue weighted by Crippen LogP contribution is -2.43. The molecule has 1 aromatic rings. The van der Waals surface area contributed by atoms with Crippen LogP contribution < -0.4 is 4.43 Å². The van der Waals surface area contributed by atoms with Gasteiger partial charge in [-0.2, -0.15) is 0 Å². The molecule has 0 aliphatic heterocycles.